The number of piperidine rings is 1. The Bertz CT molecular complexity index is 511. The molecule has 2 atom stereocenters. The van der Waals surface area contributed by atoms with Crippen LogP contribution in [0.2, 0.25) is 0 Å². The van der Waals surface area contributed by atoms with Crippen molar-refractivity contribution >= 4 is 0 Å². The van der Waals surface area contributed by atoms with Gasteiger partial charge in [-0.2, -0.15) is 0 Å². The van der Waals surface area contributed by atoms with Gasteiger partial charge >= 0.3 is 0 Å². The fraction of sp³-hybridized carbons (Fsp3) is 0.706. The number of aromatic nitrogens is 1. The van der Waals surface area contributed by atoms with Gasteiger partial charge in [0.25, 0.3) is 0 Å². The normalized spacial score (nSPS) is 26.5. The molecule has 4 heteroatoms. The standard InChI is InChI=1S/C17H27N3O/c1-12-6-13(8-18-16(12)21-5)9-20-14-7-15(20)11-19(10-14)17(2,3)4/h6,8,14-15H,7,9-11H2,1-5H3. The molecule has 3 rings (SSSR count). The van der Waals surface area contributed by atoms with E-state index in [1.807, 2.05) is 6.20 Å². The second-order valence-corrected chi connectivity index (χ2v) is 7.46. The van der Waals surface area contributed by atoms with Gasteiger partial charge in [0.2, 0.25) is 5.88 Å². The van der Waals surface area contributed by atoms with Gasteiger partial charge in [-0.05, 0) is 45.7 Å². The summed E-state index contributed by atoms with van der Waals surface area (Å²) in [5.74, 6) is 0.737. The zero-order chi connectivity index (χ0) is 15.2. The Morgan fingerprint density at radius 3 is 2.48 bits per heavy atom. The van der Waals surface area contributed by atoms with Crippen LogP contribution in [0.1, 0.15) is 38.3 Å². The minimum atomic E-state index is 0.293. The summed E-state index contributed by atoms with van der Waals surface area (Å²) in [7, 11) is 1.68. The molecule has 0 aliphatic carbocycles. The first kappa shape index (κ1) is 14.8. The third-order valence-corrected chi connectivity index (χ3v) is 4.94. The molecule has 2 aliphatic rings. The summed E-state index contributed by atoms with van der Waals surface area (Å²) in [4.78, 5) is 9.67. The minimum Gasteiger partial charge on any atom is -0.481 e. The predicted octanol–water partition coefficient (Wildman–Crippen LogP) is 2.46. The number of hydrogen-bond donors (Lipinski definition) is 0. The Morgan fingerprint density at radius 2 is 1.95 bits per heavy atom. The molecule has 2 bridgehead atoms. The van der Waals surface area contributed by atoms with Crippen molar-refractivity contribution in [3.8, 4) is 5.88 Å². The summed E-state index contributed by atoms with van der Waals surface area (Å²) in [6.45, 7) is 12.4. The molecule has 0 saturated carbocycles. The van der Waals surface area contributed by atoms with Crippen molar-refractivity contribution < 1.29 is 4.74 Å². The third-order valence-electron chi connectivity index (χ3n) is 4.94. The van der Waals surface area contributed by atoms with E-state index in [2.05, 4.69) is 48.5 Å². The maximum atomic E-state index is 5.24. The number of hydrogen-bond acceptors (Lipinski definition) is 4. The molecule has 2 aliphatic heterocycles. The first-order valence-corrected chi connectivity index (χ1v) is 7.89. The second kappa shape index (κ2) is 5.25. The van der Waals surface area contributed by atoms with Crippen molar-refractivity contribution in [2.45, 2.75) is 58.3 Å². The molecule has 21 heavy (non-hydrogen) atoms. The van der Waals surface area contributed by atoms with Crippen LogP contribution in [-0.2, 0) is 6.54 Å². The van der Waals surface area contributed by atoms with Gasteiger partial charge in [-0.15, -0.1) is 0 Å². The molecule has 1 aromatic rings. The Hall–Kier alpha value is -1.13. The summed E-state index contributed by atoms with van der Waals surface area (Å²) in [6.07, 6.45) is 3.32. The lowest BCUT2D eigenvalue weighted by atomic mass is 9.84. The number of piperazine rings is 1. The van der Waals surface area contributed by atoms with Crippen molar-refractivity contribution in [1.82, 2.24) is 14.8 Å². The smallest absolute Gasteiger partial charge is 0.215 e. The van der Waals surface area contributed by atoms with Gasteiger partial charge in [0.05, 0.1) is 7.11 Å². The molecule has 2 fully saturated rings. The Morgan fingerprint density at radius 1 is 1.29 bits per heavy atom. The average molecular weight is 289 g/mol. The largest absolute Gasteiger partial charge is 0.481 e. The monoisotopic (exact) mass is 289 g/mol. The number of pyridine rings is 1. The minimum absolute atomic E-state index is 0.293. The van der Waals surface area contributed by atoms with Crippen LogP contribution in [0.5, 0.6) is 5.88 Å². The van der Waals surface area contributed by atoms with E-state index in [1.54, 1.807) is 7.11 Å². The van der Waals surface area contributed by atoms with Crippen LogP contribution in [0.4, 0.5) is 0 Å². The topological polar surface area (TPSA) is 28.6 Å². The molecule has 3 heterocycles. The van der Waals surface area contributed by atoms with Crippen molar-refractivity contribution in [1.29, 1.82) is 0 Å². The van der Waals surface area contributed by atoms with Gasteiger partial charge in [-0.1, -0.05) is 0 Å². The van der Waals surface area contributed by atoms with Crippen LogP contribution in [0, 0.1) is 6.92 Å². The van der Waals surface area contributed by atoms with Crippen LogP contribution in [-0.4, -0.2) is 52.6 Å². The lowest BCUT2D eigenvalue weighted by Gasteiger charge is -2.59. The summed E-state index contributed by atoms with van der Waals surface area (Å²) in [5.41, 5.74) is 2.71. The molecule has 0 spiro atoms. The first-order chi connectivity index (χ1) is 9.88. The van der Waals surface area contributed by atoms with Crippen LogP contribution < -0.4 is 4.74 Å². The summed E-state index contributed by atoms with van der Waals surface area (Å²) in [6, 6.07) is 3.64. The van der Waals surface area contributed by atoms with E-state index >= 15 is 0 Å². The lowest BCUT2D eigenvalue weighted by molar-refractivity contribution is -0.0997. The predicted molar refractivity (Wildman–Crippen MR) is 84.6 cm³/mol. The maximum Gasteiger partial charge on any atom is 0.215 e. The molecule has 2 saturated heterocycles. The highest BCUT2D eigenvalue weighted by molar-refractivity contribution is 5.28. The van der Waals surface area contributed by atoms with Crippen LogP contribution >= 0.6 is 0 Å². The number of ether oxygens (including phenoxy) is 1. The molecule has 4 nitrogen and oxygen atoms in total. The molecule has 2 unspecified atom stereocenters. The molecule has 116 valence electrons. The number of likely N-dealkylation sites (tertiary alicyclic amines) is 2. The summed E-state index contributed by atoms with van der Waals surface area (Å²) >= 11 is 0. The first-order valence-electron chi connectivity index (χ1n) is 7.89. The van der Waals surface area contributed by atoms with E-state index in [0.29, 0.717) is 17.6 Å². The van der Waals surface area contributed by atoms with E-state index < -0.39 is 0 Å². The van der Waals surface area contributed by atoms with Gasteiger partial charge < -0.3 is 4.74 Å². The van der Waals surface area contributed by atoms with Crippen LogP contribution in [0.3, 0.4) is 0 Å². The molecule has 0 N–H and O–H groups in total. The van der Waals surface area contributed by atoms with Crippen molar-refractivity contribution in [3.05, 3.63) is 23.4 Å². The molecular weight excluding hydrogens is 262 g/mol. The van der Waals surface area contributed by atoms with Crippen molar-refractivity contribution in [2.75, 3.05) is 20.2 Å². The maximum absolute atomic E-state index is 5.24. The van der Waals surface area contributed by atoms with Gasteiger partial charge in [0.1, 0.15) is 0 Å². The van der Waals surface area contributed by atoms with Crippen molar-refractivity contribution in [3.63, 3.8) is 0 Å². The molecule has 0 amide bonds. The fourth-order valence-electron chi connectivity index (χ4n) is 3.62. The van der Waals surface area contributed by atoms with Gasteiger partial charge in [-0.3, -0.25) is 9.80 Å². The number of rotatable bonds is 3. The van der Waals surface area contributed by atoms with Crippen LogP contribution in [0.15, 0.2) is 12.3 Å². The van der Waals surface area contributed by atoms with Gasteiger partial charge in [0.15, 0.2) is 0 Å². The summed E-state index contributed by atoms with van der Waals surface area (Å²) in [5, 5.41) is 0. The number of fused-ring (bicyclic) bond motifs is 2. The summed E-state index contributed by atoms with van der Waals surface area (Å²) < 4.78 is 5.24. The quantitative estimate of drug-likeness (QED) is 0.854. The van der Waals surface area contributed by atoms with E-state index in [-0.39, 0.29) is 0 Å². The lowest BCUT2D eigenvalue weighted by Crippen LogP contribution is -2.70. The number of methoxy groups -OCH3 is 1. The Kier molecular flexibility index (Phi) is 3.70. The fourth-order valence-corrected chi connectivity index (χ4v) is 3.62. The van der Waals surface area contributed by atoms with E-state index in [9.17, 15) is 0 Å². The second-order valence-electron chi connectivity index (χ2n) is 7.46. The third kappa shape index (κ3) is 2.79. The Labute approximate surface area is 128 Å². The van der Waals surface area contributed by atoms with Gasteiger partial charge in [-0.25, -0.2) is 4.98 Å². The van der Waals surface area contributed by atoms with E-state index in [1.165, 1.54) is 25.1 Å². The van der Waals surface area contributed by atoms with E-state index in [4.69, 9.17) is 4.74 Å². The van der Waals surface area contributed by atoms with Crippen LogP contribution in [0.25, 0.3) is 0 Å². The van der Waals surface area contributed by atoms with Crippen molar-refractivity contribution in [2.24, 2.45) is 0 Å². The zero-order valence-electron chi connectivity index (χ0n) is 13.9. The molecular formula is C17H27N3O. The number of aryl methyl sites for hydroxylation is 1. The highest BCUT2D eigenvalue weighted by atomic mass is 16.5. The average Bonchev–Trinajstić information content (AvgIpc) is 2.44. The number of nitrogens with zero attached hydrogens (tertiary/aromatic N) is 3. The van der Waals surface area contributed by atoms with Gasteiger partial charge in [0, 0.05) is 49.0 Å². The van der Waals surface area contributed by atoms with E-state index in [0.717, 1.165) is 18.0 Å². The SMILES string of the molecule is COc1ncc(CN2C3CC2CN(C(C)(C)C)C3)cc1C. The zero-order valence-corrected chi connectivity index (χ0v) is 13.9. The molecule has 1 aromatic heterocycles. The Balaban J connectivity index is 1.65. The molecule has 0 radical (unpaired) electrons. The highest BCUT2D eigenvalue weighted by Gasteiger charge is 2.46. The highest BCUT2D eigenvalue weighted by Crippen LogP contribution is 2.36. The molecule has 0 aromatic carbocycles.